The molecule has 2 aromatic rings. The third-order valence-corrected chi connectivity index (χ3v) is 5.56. The Morgan fingerprint density at radius 3 is 2.63 bits per heavy atom. The van der Waals surface area contributed by atoms with E-state index in [0.717, 1.165) is 35.4 Å². The summed E-state index contributed by atoms with van der Waals surface area (Å²) in [5.41, 5.74) is 2.50. The number of carboxylic acid groups (broad SMARTS) is 1. The van der Waals surface area contributed by atoms with Crippen LogP contribution >= 0.6 is 0 Å². The van der Waals surface area contributed by atoms with Gasteiger partial charge in [0.2, 0.25) is 0 Å². The standard InChI is InChI=1S/C23H22F3NO3/c1-2-4-18-11-20(19-8-7-16(23(24,25)26)10-21(19)30-18)14-5-3-6-17(9-14)27-12-15(13-27)22(28)29/h3,5-11,15,18H,2,4,12-13H2,1H3,(H,28,29). The predicted molar refractivity (Wildman–Crippen MR) is 108 cm³/mol. The van der Waals surface area contributed by atoms with E-state index in [-0.39, 0.29) is 17.8 Å². The van der Waals surface area contributed by atoms with Gasteiger partial charge >= 0.3 is 12.1 Å². The van der Waals surface area contributed by atoms with Crippen LogP contribution in [0.3, 0.4) is 0 Å². The number of nitrogens with zero attached hydrogens (tertiary/aromatic N) is 1. The smallest absolute Gasteiger partial charge is 0.416 e. The molecule has 0 radical (unpaired) electrons. The molecule has 1 fully saturated rings. The van der Waals surface area contributed by atoms with Crippen molar-refractivity contribution >= 4 is 17.2 Å². The molecule has 7 heteroatoms. The van der Waals surface area contributed by atoms with Gasteiger partial charge in [0.05, 0.1) is 11.5 Å². The van der Waals surface area contributed by atoms with Gasteiger partial charge in [-0.25, -0.2) is 0 Å². The van der Waals surface area contributed by atoms with E-state index in [0.29, 0.717) is 25.1 Å². The summed E-state index contributed by atoms with van der Waals surface area (Å²) < 4.78 is 45.4. The fourth-order valence-electron chi connectivity index (χ4n) is 3.89. The van der Waals surface area contributed by atoms with Gasteiger partial charge in [-0.3, -0.25) is 4.79 Å². The molecule has 1 saturated heterocycles. The summed E-state index contributed by atoms with van der Waals surface area (Å²) >= 11 is 0. The summed E-state index contributed by atoms with van der Waals surface area (Å²) in [6, 6.07) is 11.3. The van der Waals surface area contributed by atoms with E-state index >= 15 is 0 Å². The first kappa shape index (κ1) is 20.3. The Morgan fingerprint density at radius 2 is 1.97 bits per heavy atom. The van der Waals surface area contributed by atoms with Gasteiger partial charge in [0.1, 0.15) is 11.9 Å². The van der Waals surface area contributed by atoms with Crippen molar-refractivity contribution in [1.82, 2.24) is 0 Å². The summed E-state index contributed by atoms with van der Waals surface area (Å²) in [5.74, 6) is -0.932. The quantitative estimate of drug-likeness (QED) is 0.725. The van der Waals surface area contributed by atoms with Crippen LogP contribution in [0.15, 0.2) is 48.5 Å². The number of alkyl halides is 3. The molecule has 0 spiro atoms. The van der Waals surface area contributed by atoms with E-state index in [9.17, 15) is 18.0 Å². The van der Waals surface area contributed by atoms with Crippen molar-refractivity contribution in [1.29, 1.82) is 0 Å². The lowest BCUT2D eigenvalue weighted by Crippen LogP contribution is -2.50. The fourth-order valence-corrected chi connectivity index (χ4v) is 3.89. The topological polar surface area (TPSA) is 49.8 Å². The Kier molecular flexibility index (Phi) is 5.22. The second-order valence-corrected chi connectivity index (χ2v) is 7.72. The summed E-state index contributed by atoms with van der Waals surface area (Å²) in [7, 11) is 0. The van der Waals surface area contributed by atoms with Gasteiger partial charge in [0.15, 0.2) is 0 Å². The average Bonchev–Trinajstić information content (AvgIpc) is 2.65. The minimum Gasteiger partial charge on any atom is -0.486 e. The number of hydrogen-bond acceptors (Lipinski definition) is 3. The number of rotatable bonds is 5. The monoisotopic (exact) mass is 417 g/mol. The second kappa shape index (κ2) is 7.70. The molecule has 4 nitrogen and oxygen atoms in total. The summed E-state index contributed by atoms with van der Waals surface area (Å²) in [4.78, 5) is 13.1. The van der Waals surface area contributed by atoms with Gasteiger partial charge in [-0.1, -0.05) is 31.5 Å². The zero-order valence-corrected chi connectivity index (χ0v) is 16.4. The van der Waals surface area contributed by atoms with Crippen LogP contribution in [0.4, 0.5) is 18.9 Å². The van der Waals surface area contributed by atoms with Gasteiger partial charge in [-0.05, 0) is 47.9 Å². The lowest BCUT2D eigenvalue weighted by Gasteiger charge is -2.39. The van der Waals surface area contributed by atoms with Crippen molar-refractivity contribution in [3.05, 3.63) is 65.2 Å². The first-order valence-electron chi connectivity index (χ1n) is 9.94. The molecule has 0 bridgehead atoms. The highest BCUT2D eigenvalue weighted by atomic mass is 19.4. The first-order chi connectivity index (χ1) is 14.3. The van der Waals surface area contributed by atoms with E-state index in [1.807, 2.05) is 42.2 Å². The maximum absolute atomic E-state index is 13.2. The maximum Gasteiger partial charge on any atom is 0.416 e. The molecule has 1 atom stereocenters. The highest BCUT2D eigenvalue weighted by Crippen LogP contribution is 2.41. The number of carbonyl (C=O) groups is 1. The van der Waals surface area contributed by atoms with Crippen LogP contribution in [0.5, 0.6) is 5.75 Å². The van der Waals surface area contributed by atoms with Crippen LogP contribution < -0.4 is 9.64 Å². The molecule has 4 rings (SSSR count). The predicted octanol–water partition coefficient (Wildman–Crippen LogP) is 5.22. The molecule has 1 unspecified atom stereocenters. The Bertz CT molecular complexity index is 993. The summed E-state index contributed by atoms with van der Waals surface area (Å²) in [6.45, 7) is 2.90. The van der Waals surface area contributed by atoms with Crippen molar-refractivity contribution in [3.63, 3.8) is 0 Å². The largest absolute Gasteiger partial charge is 0.486 e. The van der Waals surface area contributed by atoms with Crippen LogP contribution in [-0.4, -0.2) is 30.3 Å². The third-order valence-electron chi connectivity index (χ3n) is 5.56. The van der Waals surface area contributed by atoms with Gasteiger partial charge < -0.3 is 14.7 Å². The van der Waals surface area contributed by atoms with Crippen LogP contribution in [0, 0.1) is 5.92 Å². The van der Waals surface area contributed by atoms with E-state index < -0.39 is 17.7 Å². The Morgan fingerprint density at radius 1 is 1.20 bits per heavy atom. The molecule has 0 aromatic heterocycles. The van der Waals surface area contributed by atoms with Crippen molar-refractivity contribution < 1.29 is 27.8 Å². The Labute approximate surface area is 172 Å². The normalized spacial score (nSPS) is 18.9. The second-order valence-electron chi connectivity index (χ2n) is 7.72. The minimum atomic E-state index is -4.43. The van der Waals surface area contributed by atoms with E-state index in [1.165, 1.54) is 6.07 Å². The molecular weight excluding hydrogens is 395 g/mol. The molecule has 2 aliphatic heterocycles. The highest BCUT2D eigenvalue weighted by molar-refractivity contribution is 5.86. The van der Waals surface area contributed by atoms with Crippen LogP contribution in [0.2, 0.25) is 0 Å². The first-order valence-corrected chi connectivity index (χ1v) is 9.94. The molecule has 158 valence electrons. The zero-order valence-electron chi connectivity index (χ0n) is 16.4. The molecule has 2 aromatic carbocycles. The Balaban J connectivity index is 1.69. The van der Waals surface area contributed by atoms with Crippen molar-refractivity contribution in [2.24, 2.45) is 5.92 Å². The van der Waals surface area contributed by atoms with Crippen molar-refractivity contribution in [2.75, 3.05) is 18.0 Å². The van der Waals surface area contributed by atoms with Crippen LogP contribution in [0.1, 0.15) is 36.5 Å². The Hall–Kier alpha value is -2.96. The van der Waals surface area contributed by atoms with E-state index in [2.05, 4.69) is 0 Å². The molecule has 1 N–H and O–H groups in total. The van der Waals surface area contributed by atoms with Crippen molar-refractivity contribution in [2.45, 2.75) is 32.0 Å². The van der Waals surface area contributed by atoms with E-state index in [4.69, 9.17) is 9.84 Å². The number of fused-ring (bicyclic) bond motifs is 1. The molecule has 0 amide bonds. The van der Waals surface area contributed by atoms with Crippen LogP contribution in [-0.2, 0) is 11.0 Å². The highest BCUT2D eigenvalue weighted by Gasteiger charge is 2.34. The van der Waals surface area contributed by atoms with Crippen LogP contribution in [0.25, 0.3) is 5.57 Å². The lowest BCUT2D eigenvalue weighted by atomic mass is 9.91. The number of carboxylic acids is 1. The number of anilines is 1. The average molecular weight is 417 g/mol. The molecule has 0 saturated carbocycles. The summed E-state index contributed by atoms with van der Waals surface area (Å²) in [5, 5.41) is 9.10. The molecule has 0 aliphatic carbocycles. The number of halogens is 3. The van der Waals surface area contributed by atoms with Gasteiger partial charge in [0, 0.05) is 24.3 Å². The van der Waals surface area contributed by atoms with Gasteiger partial charge in [-0.15, -0.1) is 0 Å². The van der Waals surface area contributed by atoms with Gasteiger partial charge in [-0.2, -0.15) is 13.2 Å². The van der Waals surface area contributed by atoms with Crippen molar-refractivity contribution in [3.8, 4) is 5.75 Å². The third kappa shape index (κ3) is 3.88. The number of benzene rings is 2. The number of ether oxygens (including phenoxy) is 1. The molecular formula is C23H22F3NO3. The SMILES string of the molecule is CCCC1C=C(c2cccc(N3CC(C(=O)O)C3)c2)c2ccc(C(F)(F)F)cc2O1. The van der Waals surface area contributed by atoms with Gasteiger partial charge in [0.25, 0.3) is 0 Å². The fraction of sp³-hybridized carbons (Fsp3) is 0.348. The maximum atomic E-state index is 13.2. The summed E-state index contributed by atoms with van der Waals surface area (Å²) in [6.07, 6.45) is -1.23. The zero-order chi connectivity index (χ0) is 21.5. The molecule has 2 aliphatic rings. The number of hydrogen-bond donors (Lipinski definition) is 1. The van der Waals surface area contributed by atoms with E-state index in [1.54, 1.807) is 0 Å². The molecule has 2 heterocycles. The minimum absolute atomic E-state index is 0.237. The molecule has 30 heavy (non-hydrogen) atoms. The number of aliphatic carboxylic acids is 1. The lowest BCUT2D eigenvalue weighted by molar-refractivity contribution is -0.142.